The first-order valence-corrected chi connectivity index (χ1v) is 27.3. The summed E-state index contributed by atoms with van der Waals surface area (Å²) in [4.78, 5) is 23.0. The van der Waals surface area contributed by atoms with Gasteiger partial charge in [0.15, 0.2) is 6.29 Å². The number of benzene rings is 2. The van der Waals surface area contributed by atoms with Gasteiger partial charge >= 0.3 is 0 Å². The van der Waals surface area contributed by atoms with E-state index in [1.807, 2.05) is 22.7 Å². The Balaban J connectivity index is 1.32. The third-order valence-corrected chi connectivity index (χ3v) is 17.8. The monoisotopic (exact) mass is 887 g/mol. The third kappa shape index (κ3) is 10.9. The number of rotatable bonds is 26. The van der Waals surface area contributed by atoms with Gasteiger partial charge in [0.2, 0.25) is 0 Å². The first kappa shape index (κ1) is 45.7. The summed E-state index contributed by atoms with van der Waals surface area (Å²) in [6.45, 7) is 12.5. The highest BCUT2D eigenvalue weighted by Gasteiger charge is 2.23. The van der Waals surface area contributed by atoms with E-state index in [2.05, 4.69) is 117 Å². The van der Waals surface area contributed by atoms with Crippen LogP contribution in [0.25, 0.3) is 61.5 Å². The predicted octanol–water partition coefficient (Wildman–Crippen LogP) is 19.0. The predicted molar refractivity (Wildman–Crippen MR) is 275 cm³/mol. The van der Waals surface area contributed by atoms with Crippen LogP contribution in [0.1, 0.15) is 169 Å². The van der Waals surface area contributed by atoms with Gasteiger partial charge in [0.25, 0.3) is 0 Å². The van der Waals surface area contributed by atoms with Gasteiger partial charge < -0.3 is 4.57 Å². The maximum atomic E-state index is 12.1. The number of nitrogens with zero attached hydrogens (tertiary/aromatic N) is 1. The standard InChI is InChI=1S/C55H69NOS4/c1-6-11-15-19-25-39-33-44(38-57)58-53(39)49-36-41(27-21-17-13-8-3)55(60-49)51-37-42(28-22-18-14-9-4)54(61-51)50-35-40(26-20-16-12-7-2)52(59-50)43-31-32-48-46(34-43)45-29-23-24-30-47(45)56(48)10-5/h23-24,29-38H,6-22,25-28H2,1-5H3. The summed E-state index contributed by atoms with van der Waals surface area (Å²) >= 11 is 7.80. The van der Waals surface area contributed by atoms with Crippen LogP contribution < -0.4 is 0 Å². The van der Waals surface area contributed by atoms with Crippen molar-refractivity contribution in [3.05, 3.63) is 93.9 Å². The van der Waals surface area contributed by atoms with Gasteiger partial charge in [0, 0.05) is 62.5 Å². The molecule has 0 saturated carbocycles. The van der Waals surface area contributed by atoms with Crippen molar-refractivity contribution < 1.29 is 4.79 Å². The Bertz CT molecular complexity index is 2460. The molecule has 6 heteroatoms. The zero-order chi connectivity index (χ0) is 42.6. The average Bonchev–Trinajstić information content (AvgIpc) is 4.13. The summed E-state index contributed by atoms with van der Waals surface area (Å²) in [6.07, 6.45) is 25.7. The number of thiophene rings is 4. The quantitative estimate of drug-likeness (QED) is 0.0392. The molecule has 2 nitrogen and oxygen atoms in total. The second-order valence-corrected chi connectivity index (χ2v) is 21.5. The number of carbonyl (C=O) groups is 1. The average molecular weight is 888 g/mol. The molecule has 0 unspecified atom stereocenters. The summed E-state index contributed by atoms with van der Waals surface area (Å²) in [5.74, 6) is 0. The van der Waals surface area contributed by atoms with Gasteiger partial charge in [0.05, 0.1) is 4.88 Å². The smallest absolute Gasteiger partial charge is 0.160 e. The molecule has 0 saturated heterocycles. The molecule has 2 aromatic carbocycles. The molecule has 0 spiro atoms. The van der Waals surface area contributed by atoms with Crippen LogP contribution in [0.2, 0.25) is 0 Å². The Morgan fingerprint density at radius 2 is 0.885 bits per heavy atom. The van der Waals surface area contributed by atoms with E-state index in [1.165, 1.54) is 186 Å². The lowest BCUT2D eigenvalue weighted by Crippen LogP contribution is -1.92. The number of aryl methyl sites for hydroxylation is 5. The van der Waals surface area contributed by atoms with Gasteiger partial charge in [-0.05, 0) is 129 Å². The normalized spacial score (nSPS) is 11.8. The van der Waals surface area contributed by atoms with Crippen molar-refractivity contribution in [3.8, 4) is 39.7 Å². The largest absolute Gasteiger partial charge is 0.341 e. The summed E-state index contributed by atoms with van der Waals surface area (Å²) in [6, 6.07) is 26.1. The van der Waals surface area contributed by atoms with Gasteiger partial charge in [-0.1, -0.05) is 129 Å². The first-order valence-electron chi connectivity index (χ1n) is 24.0. The van der Waals surface area contributed by atoms with Crippen LogP contribution in [0.3, 0.4) is 0 Å². The number of hydrogen-bond acceptors (Lipinski definition) is 5. The fraction of sp³-hybridized carbons (Fsp3) is 0.473. The second kappa shape index (κ2) is 22.9. The van der Waals surface area contributed by atoms with Crippen LogP contribution in [0, 0.1) is 0 Å². The highest BCUT2D eigenvalue weighted by molar-refractivity contribution is 7.29. The molecule has 5 aromatic heterocycles. The maximum absolute atomic E-state index is 12.1. The summed E-state index contributed by atoms with van der Waals surface area (Å²) in [7, 11) is 0. The number of aromatic nitrogens is 1. The van der Waals surface area contributed by atoms with E-state index < -0.39 is 0 Å². The topological polar surface area (TPSA) is 22.0 Å². The number of carbonyl (C=O) groups excluding carboxylic acids is 1. The lowest BCUT2D eigenvalue weighted by atomic mass is 10.0. The fourth-order valence-corrected chi connectivity index (χ4v) is 14.3. The first-order chi connectivity index (χ1) is 30.0. The molecule has 0 N–H and O–H groups in total. The number of hydrogen-bond donors (Lipinski definition) is 0. The Labute approximate surface area is 383 Å². The molecule has 61 heavy (non-hydrogen) atoms. The lowest BCUT2D eigenvalue weighted by Gasteiger charge is -2.06. The number of para-hydroxylation sites is 1. The minimum absolute atomic E-state index is 0.863. The Hall–Kier alpha value is -3.29. The summed E-state index contributed by atoms with van der Waals surface area (Å²) in [5, 5.41) is 2.72. The lowest BCUT2D eigenvalue weighted by molar-refractivity contribution is 0.112. The van der Waals surface area contributed by atoms with Crippen LogP contribution in [0.5, 0.6) is 0 Å². The Morgan fingerprint density at radius 1 is 0.443 bits per heavy atom. The second-order valence-electron chi connectivity index (χ2n) is 17.3. The summed E-state index contributed by atoms with van der Waals surface area (Å²) in [5.41, 5.74) is 9.95. The van der Waals surface area contributed by atoms with Gasteiger partial charge in [-0.2, -0.15) is 0 Å². The molecule has 7 aromatic rings. The molecule has 0 aliphatic carbocycles. The minimum atomic E-state index is 0.863. The third-order valence-electron chi connectivity index (χ3n) is 12.6. The van der Waals surface area contributed by atoms with Crippen molar-refractivity contribution in [1.29, 1.82) is 0 Å². The van der Waals surface area contributed by atoms with Crippen LogP contribution >= 0.6 is 45.3 Å². The zero-order valence-electron chi connectivity index (χ0n) is 37.8. The van der Waals surface area contributed by atoms with Crippen LogP contribution in [0.15, 0.2) is 66.7 Å². The Kier molecular flexibility index (Phi) is 17.1. The molecule has 0 amide bonds. The van der Waals surface area contributed by atoms with Gasteiger partial charge in [0.1, 0.15) is 0 Å². The van der Waals surface area contributed by atoms with Crippen LogP contribution in [0.4, 0.5) is 0 Å². The minimum Gasteiger partial charge on any atom is -0.341 e. The van der Waals surface area contributed by atoms with Gasteiger partial charge in [-0.15, -0.1) is 45.3 Å². The molecular weight excluding hydrogens is 819 g/mol. The van der Waals surface area contributed by atoms with Gasteiger partial charge in [-0.25, -0.2) is 0 Å². The number of unbranched alkanes of at least 4 members (excludes halogenated alkanes) is 12. The van der Waals surface area contributed by atoms with Crippen molar-refractivity contribution in [3.63, 3.8) is 0 Å². The molecule has 0 radical (unpaired) electrons. The molecule has 5 heterocycles. The molecule has 0 aliphatic rings. The van der Waals surface area contributed by atoms with Crippen LogP contribution in [-0.2, 0) is 32.2 Å². The molecule has 0 bridgehead atoms. The summed E-state index contributed by atoms with van der Waals surface area (Å²) < 4.78 is 2.47. The maximum Gasteiger partial charge on any atom is 0.160 e. The van der Waals surface area contributed by atoms with Crippen LogP contribution in [-0.4, -0.2) is 10.9 Å². The van der Waals surface area contributed by atoms with Crippen molar-refractivity contribution in [2.75, 3.05) is 0 Å². The van der Waals surface area contributed by atoms with E-state index >= 15 is 0 Å². The molecule has 0 fully saturated rings. The van der Waals surface area contributed by atoms with Crippen molar-refractivity contribution in [2.45, 2.75) is 170 Å². The highest BCUT2D eigenvalue weighted by Crippen LogP contribution is 2.50. The van der Waals surface area contributed by atoms with Crippen molar-refractivity contribution in [2.24, 2.45) is 0 Å². The fourth-order valence-electron chi connectivity index (χ4n) is 9.25. The molecule has 324 valence electrons. The van der Waals surface area contributed by atoms with E-state index in [4.69, 9.17) is 0 Å². The molecule has 7 rings (SSSR count). The SMILES string of the molecule is CCCCCCc1cc(-c2sc(-c3sc(-c4sc(C=O)cc4CCCCCC)cc3CCCCCC)cc2CCCCCC)sc1-c1ccc2c(c1)c1ccccc1n2CC. The molecule has 0 atom stereocenters. The zero-order valence-corrected chi connectivity index (χ0v) is 41.0. The number of aldehydes is 1. The van der Waals surface area contributed by atoms with E-state index in [0.717, 1.165) is 43.4 Å². The van der Waals surface area contributed by atoms with Crippen molar-refractivity contribution in [1.82, 2.24) is 4.57 Å². The van der Waals surface area contributed by atoms with E-state index in [-0.39, 0.29) is 0 Å². The van der Waals surface area contributed by atoms with E-state index in [9.17, 15) is 4.79 Å². The highest BCUT2D eigenvalue weighted by atomic mass is 32.1. The van der Waals surface area contributed by atoms with E-state index in [1.54, 1.807) is 11.3 Å². The van der Waals surface area contributed by atoms with E-state index in [0.29, 0.717) is 0 Å². The molecular formula is C55H69NOS4. The molecule has 0 aliphatic heterocycles. The van der Waals surface area contributed by atoms with Gasteiger partial charge in [-0.3, -0.25) is 4.79 Å². The van der Waals surface area contributed by atoms with Crippen molar-refractivity contribution >= 4 is 73.4 Å². The number of fused-ring (bicyclic) bond motifs is 3. The Morgan fingerprint density at radius 3 is 1.38 bits per heavy atom.